The SMILES string of the molecule is CCN(CC)Cc1cc(S(=O)(=O)NC(=O)Nc2c(C(C)C)cc(F)cc2C(C)C)nn1C. The molecule has 1 aromatic heterocycles. The second kappa shape index (κ2) is 10.4. The summed E-state index contributed by atoms with van der Waals surface area (Å²) in [6.45, 7) is 13.7. The highest BCUT2D eigenvalue weighted by Crippen LogP contribution is 2.33. The molecule has 0 aliphatic carbocycles. The van der Waals surface area contributed by atoms with Crippen molar-refractivity contribution in [3.05, 3.63) is 40.8 Å². The molecule has 1 aromatic carbocycles. The van der Waals surface area contributed by atoms with E-state index < -0.39 is 21.9 Å². The van der Waals surface area contributed by atoms with Gasteiger partial charge in [0.2, 0.25) is 0 Å². The number of aryl methyl sites for hydroxylation is 1. The number of urea groups is 1. The zero-order valence-electron chi connectivity index (χ0n) is 19.9. The fraction of sp³-hybridized carbons (Fsp3) is 0.545. The van der Waals surface area contributed by atoms with Gasteiger partial charge in [0.15, 0.2) is 5.03 Å². The van der Waals surface area contributed by atoms with Gasteiger partial charge in [-0.2, -0.15) is 13.5 Å². The number of nitrogens with zero attached hydrogens (tertiary/aromatic N) is 3. The first-order chi connectivity index (χ1) is 14.9. The number of anilines is 1. The quantitative estimate of drug-likeness (QED) is 0.577. The van der Waals surface area contributed by atoms with Crippen LogP contribution in [0.5, 0.6) is 0 Å². The Balaban J connectivity index is 2.29. The molecule has 0 saturated heterocycles. The standard InChI is InChI=1S/C22H34FN5O3S/c1-8-28(9-2)13-17-12-20(25-27(17)7)32(30,31)26-22(29)24-21-18(14(3)4)10-16(23)11-19(21)15(5)6/h10-12,14-15H,8-9,13H2,1-7H3,(H2,24,26,29). The highest BCUT2D eigenvalue weighted by molar-refractivity contribution is 7.90. The number of nitrogens with one attached hydrogen (secondary N) is 2. The summed E-state index contributed by atoms with van der Waals surface area (Å²) in [4.78, 5) is 14.8. The number of hydrogen-bond donors (Lipinski definition) is 2. The van der Waals surface area contributed by atoms with E-state index in [9.17, 15) is 17.6 Å². The molecular weight excluding hydrogens is 433 g/mol. The van der Waals surface area contributed by atoms with E-state index in [1.807, 2.05) is 46.3 Å². The first-order valence-corrected chi connectivity index (χ1v) is 12.3. The first kappa shape index (κ1) is 25.8. The minimum Gasteiger partial charge on any atom is -0.307 e. The smallest absolute Gasteiger partial charge is 0.307 e. The van der Waals surface area contributed by atoms with Gasteiger partial charge in [0.05, 0.1) is 5.69 Å². The topological polar surface area (TPSA) is 96.3 Å². The molecular formula is C22H34FN5O3S. The van der Waals surface area contributed by atoms with Crippen molar-refractivity contribution in [1.82, 2.24) is 19.4 Å². The predicted molar refractivity (Wildman–Crippen MR) is 124 cm³/mol. The molecule has 0 radical (unpaired) electrons. The Hall–Kier alpha value is -2.46. The molecule has 0 aliphatic heterocycles. The lowest BCUT2D eigenvalue weighted by atomic mass is 9.92. The summed E-state index contributed by atoms with van der Waals surface area (Å²) in [6.07, 6.45) is 0. The van der Waals surface area contributed by atoms with E-state index in [1.54, 1.807) is 7.05 Å². The molecule has 0 aliphatic rings. The lowest BCUT2D eigenvalue weighted by Gasteiger charge is -2.20. The van der Waals surface area contributed by atoms with E-state index in [2.05, 4.69) is 15.3 Å². The average Bonchev–Trinajstić information content (AvgIpc) is 3.07. The summed E-state index contributed by atoms with van der Waals surface area (Å²) < 4.78 is 43.2. The van der Waals surface area contributed by atoms with E-state index in [0.717, 1.165) is 18.8 Å². The Bertz CT molecular complexity index is 1030. The van der Waals surface area contributed by atoms with E-state index in [-0.39, 0.29) is 16.9 Å². The fourth-order valence-electron chi connectivity index (χ4n) is 3.45. The van der Waals surface area contributed by atoms with Crippen molar-refractivity contribution < 1.29 is 17.6 Å². The van der Waals surface area contributed by atoms with E-state index in [1.165, 1.54) is 22.9 Å². The molecule has 0 unspecified atom stereocenters. The second-order valence-electron chi connectivity index (χ2n) is 8.39. The van der Waals surface area contributed by atoms with Crippen molar-refractivity contribution in [3.8, 4) is 0 Å². The summed E-state index contributed by atoms with van der Waals surface area (Å²) in [5.41, 5.74) is 2.34. The maximum atomic E-state index is 14.1. The number of sulfonamides is 1. The number of benzene rings is 1. The molecule has 0 fully saturated rings. The van der Waals surface area contributed by atoms with Crippen molar-refractivity contribution in [2.24, 2.45) is 7.05 Å². The largest absolute Gasteiger partial charge is 0.333 e. The number of amides is 2. The Morgan fingerprint density at radius 2 is 1.62 bits per heavy atom. The molecule has 2 N–H and O–H groups in total. The summed E-state index contributed by atoms with van der Waals surface area (Å²) >= 11 is 0. The highest BCUT2D eigenvalue weighted by Gasteiger charge is 2.25. The van der Waals surface area contributed by atoms with Crippen LogP contribution in [0.4, 0.5) is 14.9 Å². The van der Waals surface area contributed by atoms with Crippen LogP contribution in [0.15, 0.2) is 23.2 Å². The Kier molecular flexibility index (Phi) is 8.41. The van der Waals surface area contributed by atoms with Crippen LogP contribution in [-0.2, 0) is 23.6 Å². The monoisotopic (exact) mass is 467 g/mol. The van der Waals surface area contributed by atoms with Crippen molar-refractivity contribution in [2.45, 2.75) is 64.9 Å². The minimum atomic E-state index is -4.19. The normalized spacial score (nSPS) is 12.1. The minimum absolute atomic E-state index is 0.0754. The van der Waals surface area contributed by atoms with E-state index in [4.69, 9.17) is 0 Å². The number of carbonyl (C=O) groups excluding carboxylic acids is 1. The van der Waals surface area contributed by atoms with Crippen LogP contribution in [0.1, 0.15) is 70.2 Å². The van der Waals surface area contributed by atoms with Crippen molar-refractivity contribution in [1.29, 1.82) is 0 Å². The van der Waals surface area contributed by atoms with Gasteiger partial charge in [0, 0.05) is 25.3 Å². The van der Waals surface area contributed by atoms with Gasteiger partial charge in [-0.1, -0.05) is 41.5 Å². The van der Waals surface area contributed by atoms with Crippen molar-refractivity contribution in [2.75, 3.05) is 18.4 Å². The summed E-state index contributed by atoms with van der Waals surface area (Å²) in [7, 11) is -2.52. The van der Waals surface area contributed by atoms with Gasteiger partial charge >= 0.3 is 6.03 Å². The molecule has 1 heterocycles. The molecule has 10 heteroatoms. The first-order valence-electron chi connectivity index (χ1n) is 10.8. The fourth-order valence-corrected chi connectivity index (χ4v) is 4.37. The molecule has 0 spiro atoms. The van der Waals surface area contributed by atoms with Crippen LogP contribution in [-0.4, -0.2) is 42.2 Å². The van der Waals surface area contributed by atoms with E-state index >= 15 is 0 Å². The number of hydrogen-bond acceptors (Lipinski definition) is 5. The van der Waals surface area contributed by atoms with Gasteiger partial charge in [-0.05, 0) is 48.2 Å². The number of halogens is 1. The van der Waals surface area contributed by atoms with Gasteiger partial charge in [0.25, 0.3) is 10.0 Å². The summed E-state index contributed by atoms with van der Waals surface area (Å²) in [6, 6.07) is 3.26. The third kappa shape index (κ3) is 6.07. The zero-order valence-corrected chi connectivity index (χ0v) is 20.7. The van der Waals surface area contributed by atoms with Crippen LogP contribution in [0.25, 0.3) is 0 Å². The molecule has 2 aromatic rings. The Labute approximate surface area is 190 Å². The van der Waals surface area contributed by atoms with Crippen LogP contribution < -0.4 is 10.0 Å². The van der Waals surface area contributed by atoms with Gasteiger partial charge in [-0.15, -0.1) is 0 Å². The molecule has 2 amide bonds. The Morgan fingerprint density at radius 1 is 1.09 bits per heavy atom. The lowest BCUT2D eigenvalue weighted by molar-refractivity contribution is 0.256. The van der Waals surface area contributed by atoms with Crippen molar-refractivity contribution in [3.63, 3.8) is 0 Å². The summed E-state index contributed by atoms with van der Waals surface area (Å²) in [5, 5.41) is 6.47. The highest BCUT2D eigenvalue weighted by atomic mass is 32.2. The number of carbonyl (C=O) groups is 1. The predicted octanol–water partition coefficient (Wildman–Crippen LogP) is 4.16. The molecule has 32 heavy (non-hydrogen) atoms. The van der Waals surface area contributed by atoms with Crippen LogP contribution in [0.3, 0.4) is 0 Å². The van der Waals surface area contributed by atoms with Gasteiger partial charge in [0.1, 0.15) is 5.82 Å². The van der Waals surface area contributed by atoms with Gasteiger partial charge in [-0.25, -0.2) is 13.9 Å². The molecule has 2 rings (SSSR count). The third-order valence-corrected chi connectivity index (χ3v) is 6.59. The summed E-state index contributed by atoms with van der Waals surface area (Å²) in [5.74, 6) is -0.549. The van der Waals surface area contributed by atoms with Crippen LogP contribution in [0, 0.1) is 5.82 Å². The Morgan fingerprint density at radius 3 is 2.09 bits per heavy atom. The van der Waals surface area contributed by atoms with Crippen LogP contribution >= 0.6 is 0 Å². The molecule has 0 atom stereocenters. The maximum absolute atomic E-state index is 14.1. The number of aromatic nitrogens is 2. The zero-order chi connectivity index (χ0) is 24.2. The lowest BCUT2D eigenvalue weighted by Crippen LogP contribution is -2.35. The average molecular weight is 468 g/mol. The van der Waals surface area contributed by atoms with Crippen molar-refractivity contribution >= 4 is 21.7 Å². The molecule has 178 valence electrons. The maximum Gasteiger partial charge on any atom is 0.333 e. The van der Waals surface area contributed by atoms with E-state index in [0.29, 0.717) is 23.4 Å². The molecule has 0 saturated carbocycles. The number of rotatable bonds is 9. The molecule has 0 bridgehead atoms. The molecule has 8 nitrogen and oxygen atoms in total. The van der Waals surface area contributed by atoms with Gasteiger partial charge in [-0.3, -0.25) is 9.58 Å². The van der Waals surface area contributed by atoms with Gasteiger partial charge < -0.3 is 5.32 Å². The third-order valence-electron chi connectivity index (χ3n) is 5.38. The van der Waals surface area contributed by atoms with Crippen LogP contribution in [0.2, 0.25) is 0 Å². The second-order valence-corrected chi connectivity index (χ2v) is 10.0.